The van der Waals surface area contributed by atoms with Crippen LogP contribution < -0.4 is 0 Å². The fourth-order valence-corrected chi connectivity index (χ4v) is 4.36. The van der Waals surface area contributed by atoms with Gasteiger partial charge in [0, 0.05) is 24.5 Å². The number of carbonyl (C=O) groups is 1. The van der Waals surface area contributed by atoms with Crippen LogP contribution in [-0.2, 0) is 9.53 Å². The number of esters is 1. The topological polar surface area (TPSA) is 29.5 Å². The quantitative estimate of drug-likeness (QED) is 0.616. The zero-order valence-corrected chi connectivity index (χ0v) is 13.5. The Labute approximate surface area is 137 Å². The zero-order valence-electron chi connectivity index (χ0n) is 13.5. The molecule has 0 aromatic heterocycles. The molecule has 2 bridgehead atoms. The normalized spacial score (nSPS) is 30.7. The molecule has 124 valence electrons. The van der Waals surface area contributed by atoms with Gasteiger partial charge in [-0.2, -0.15) is 0 Å². The van der Waals surface area contributed by atoms with Crippen molar-refractivity contribution < 1.29 is 13.9 Å². The van der Waals surface area contributed by atoms with E-state index >= 15 is 0 Å². The highest BCUT2D eigenvalue weighted by Gasteiger charge is 2.50. The van der Waals surface area contributed by atoms with Crippen molar-refractivity contribution in [3.63, 3.8) is 0 Å². The summed E-state index contributed by atoms with van der Waals surface area (Å²) in [4.78, 5) is 14.9. The molecule has 0 N–H and O–H groups in total. The van der Waals surface area contributed by atoms with Crippen molar-refractivity contribution in [1.29, 1.82) is 0 Å². The van der Waals surface area contributed by atoms with E-state index in [1.165, 1.54) is 12.7 Å². The van der Waals surface area contributed by atoms with Gasteiger partial charge in [0.15, 0.2) is 0 Å². The van der Waals surface area contributed by atoms with Gasteiger partial charge in [-0.05, 0) is 24.8 Å². The highest BCUT2D eigenvalue weighted by Crippen LogP contribution is 2.47. The number of piperidine rings is 1. The van der Waals surface area contributed by atoms with E-state index in [1.54, 1.807) is 6.08 Å². The van der Waals surface area contributed by atoms with E-state index in [0.29, 0.717) is 12.6 Å². The molecule has 1 aromatic carbocycles. The molecule has 2 fully saturated rings. The molecule has 2 aliphatic heterocycles. The minimum absolute atomic E-state index is 0.122. The lowest BCUT2D eigenvalue weighted by atomic mass is 9.76. The second kappa shape index (κ2) is 7.26. The number of hydrogen-bond acceptors (Lipinski definition) is 3. The van der Waals surface area contributed by atoms with Crippen molar-refractivity contribution in [2.75, 3.05) is 20.3 Å². The Morgan fingerprint density at radius 2 is 2.09 bits per heavy atom. The largest absolute Gasteiger partial charge is 0.469 e. The van der Waals surface area contributed by atoms with E-state index in [-0.39, 0.29) is 23.8 Å². The van der Waals surface area contributed by atoms with Crippen molar-refractivity contribution in [2.45, 2.75) is 37.3 Å². The molecule has 0 spiro atoms. The van der Waals surface area contributed by atoms with Crippen LogP contribution in [0.5, 0.6) is 0 Å². The fourth-order valence-electron chi connectivity index (χ4n) is 4.36. The smallest absolute Gasteiger partial charge is 0.310 e. The van der Waals surface area contributed by atoms with Crippen molar-refractivity contribution in [2.24, 2.45) is 5.92 Å². The summed E-state index contributed by atoms with van der Waals surface area (Å²) in [5, 5.41) is 0. The van der Waals surface area contributed by atoms with Crippen LogP contribution in [0, 0.1) is 5.92 Å². The molecule has 3 nitrogen and oxygen atoms in total. The van der Waals surface area contributed by atoms with E-state index in [2.05, 4.69) is 17.0 Å². The molecule has 23 heavy (non-hydrogen) atoms. The number of halogens is 1. The molecule has 0 radical (unpaired) electrons. The van der Waals surface area contributed by atoms with Crippen LogP contribution in [0.15, 0.2) is 42.5 Å². The van der Waals surface area contributed by atoms with Gasteiger partial charge in [-0.15, -0.1) is 0 Å². The molecular weight excluding hydrogens is 292 g/mol. The third-order valence-corrected chi connectivity index (χ3v) is 5.34. The number of benzene rings is 1. The van der Waals surface area contributed by atoms with E-state index in [4.69, 9.17) is 4.74 Å². The molecule has 4 atom stereocenters. The Morgan fingerprint density at radius 1 is 1.30 bits per heavy atom. The summed E-state index contributed by atoms with van der Waals surface area (Å²) >= 11 is 0. The first kappa shape index (κ1) is 16.2. The number of nitrogens with zero attached hydrogens (tertiary/aromatic N) is 1. The molecule has 3 rings (SSSR count). The molecule has 0 saturated carbocycles. The lowest BCUT2D eigenvalue weighted by Gasteiger charge is -2.43. The van der Waals surface area contributed by atoms with Crippen molar-refractivity contribution in [3.05, 3.63) is 48.0 Å². The van der Waals surface area contributed by atoms with Gasteiger partial charge in [0.25, 0.3) is 0 Å². The van der Waals surface area contributed by atoms with Gasteiger partial charge in [0.05, 0.1) is 13.0 Å². The van der Waals surface area contributed by atoms with Crippen LogP contribution in [0.2, 0.25) is 0 Å². The average molecular weight is 316 g/mol. The maximum atomic E-state index is 12.5. The monoisotopic (exact) mass is 316 g/mol. The van der Waals surface area contributed by atoms with Crippen LogP contribution in [0.25, 0.3) is 0 Å². The van der Waals surface area contributed by atoms with Gasteiger partial charge < -0.3 is 4.74 Å². The van der Waals surface area contributed by atoms with Gasteiger partial charge in [0.2, 0.25) is 0 Å². The molecule has 2 unspecified atom stereocenters. The first-order chi connectivity index (χ1) is 11.3. The summed E-state index contributed by atoms with van der Waals surface area (Å²) in [6.07, 6.45) is 6.50. The maximum Gasteiger partial charge on any atom is 0.310 e. The second-order valence-corrected chi connectivity index (χ2v) is 6.42. The molecule has 2 heterocycles. The van der Waals surface area contributed by atoms with E-state index in [1.807, 2.05) is 24.3 Å². The highest BCUT2D eigenvalue weighted by molar-refractivity contribution is 5.75. The van der Waals surface area contributed by atoms with Crippen LogP contribution in [0.1, 0.15) is 30.7 Å². The third-order valence-electron chi connectivity index (χ3n) is 5.34. The molecular formula is C19H24FNO2. The number of hydrogen-bond donors (Lipinski definition) is 0. The van der Waals surface area contributed by atoms with E-state index in [9.17, 15) is 9.18 Å². The summed E-state index contributed by atoms with van der Waals surface area (Å²) in [6.45, 7) is 0.282. The number of methoxy groups -OCH3 is 1. The second-order valence-electron chi connectivity index (χ2n) is 6.42. The lowest BCUT2D eigenvalue weighted by Crippen LogP contribution is -2.50. The van der Waals surface area contributed by atoms with Gasteiger partial charge in [-0.3, -0.25) is 9.69 Å². The Morgan fingerprint density at radius 3 is 2.78 bits per heavy atom. The number of allylic oxidation sites excluding steroid dienone is 1. The summed E-state index contributed by atoms with van der Waals surface area (Å²) in [5.74, 6) is -0.0499. The Hall–Kier alpha value is -1.68. The van der Waals surface area contributed by atoms with Gasteiger partial charge in [-0.25, -0.2) is 4.39 Å². The Bertz CT molecular complexity index is 560. The fraction of sp³-hybridized carbons (Fsp3) is 0.526. The average Bonchev–Trinajstić information content (AvgIpc) is 2.87. The van der Waals surface area contributed by atoms with Crippen LogP contribution in [0.4, 0.5) is 4.39 Å². The zero-order chi connectivity index (χ0) is 16.2. The minimum atomic E-state index is -0.434. The van der Waals surface area contributed by atoms with Crippen molar-refractivity contribution in [3.8, 4) is 0 Å². The summed E-state index contributed by atoms with van der Waals surface area (Å²) < 4.78 is 17.4. The number of fused-ring (bicyclic) bond motifs is 2. The van der Waals surface area contributed by atoms with Crippen LogP contribution in [-0.4, -0.2) is 43.3 Å². The van der Waals surface area contributed by atoms with Crippen LogP contribution >= 0.6 is 0 Å². The predicted octanol–water partition coefficient (Wildman–Crippen LogP) is 3.32. The SMILES string of the molecule is COC(=O)[C@@H]1C2CCC(C[C@@H]1c1ccccc1)N2C/C=C/C[18F]. The van der Waals surface area contributed by atoms with Gasteiger partial charge in [-0.1, -0.05) is 42.5 Å². The number of rotatable bonds is 5. The molecule has 2 aliphatic rings. The van der Waals surface area contributed by atoms with Gasteiger partial charge in [0.1, 0.15) is 6.67 Å². The summed E-state index contributed by atoms with van der Waals surface area (Å²) in [5.41, 5.74) is 1.22. The molecule has 0 aliphatic carbocycles. The summed E-state index contributed by atoms with van der Waals surface area (Å²) in [7, 11) is 1.47. The lowest BCUT2D eigenvalue weighted by molar-refractivity contribution is -0.150. The molecule has 4 heteroatoms. The summed E-state index contributed by atoms with van der Waals surface area (Å²) in [6, 6.07) is 10.9. The van der Waals surface area contributed by atoms with E-state index < -0.39 is 6.67 Å². The highest BCUT2D eigenvalue weighted by atomic mass is 18.2. The third kappa shape index (κ3) is 3.18. The molecule has 1 aromatic rings. The first-order valence-corrected chi connectivity index (χ1v) is 8.35. The number of carbonyl (C=O) groups excluding carboxylic acids is 1. The van der Waals surface area contributed by atoms with E-state index in [0.717, 1.165) is 19.3 Å². The van der Waals surface area contributed by atoms with Gasteiger partial charge >= 0.3 is 5.97 Å². The predicted molar refractivity (Wildman–Crippen MR) is 87.9 cm³/mol. The van der Waals surface area contributed by atoms with Crippen LogP contribution in [0.3, 0.4) is 0 Å². The Balaban J connectivity index is 1.87. The number of ether oxygens (including phenoxy) is 1. The number of alkyl halides is 1. The Kier molecular flexibility index (Phi) is 5.11. The maximum absolute atomic E-state index is 12.5. The van der Waals surface area contributed by atoms with Crippen molar-refractivity contribution in [1.82, 2.24) is 4.90 Å². The standard InChI is InChI=1S/C19H24FNO2/c1-23-19(22)18-16(14-7-3-2-4-8-14)13-15-9-10-17(18)21(15)12-6-5-11-20/h2-8,15-18H,9-13H2,1H3/b6-5+/t15?,16-,17?,18+/m1/s1/i20-1. The van der Waals surface area contributed by atoms with Crippen molar-refractivity contribution >= 4 is 5.97 Å². The first-order valence-electron chi connectivity index (χ1n) is 8.35. The molecule has 0 amide bonds. The minimum Gasteiger partial charge on any atom is -0.469 e. The molecule has 2 saturated heterocycles.